The molecule has 0 saturated heterocycles. The van der Waals surface area contributed by atoms with E-state index in [4.69, 9.17) is 16.3 Å². The SMILES string of the molecule is CCOc1ccc(S(=O)(=O)NCc2ccc(Cl)cc2)cc1C. The normalized spacial score (nSPS) is 11.4. The molecule has 6 heteroatoms. The van der Waals surface area contributed by atoms with Crippen molar-refractivity contribution in [2.45, 2.75) is 25.3 Å². The van der Waals surface area contributed by atoms with Crippen molar-refractivity contribution in [1.29, 1.82) is 0 Å². The number of rotatable bonds is 6. The minimum absolute atomic E-state index is 0.214. The van der Waals surface area contributed by atoms with Crippen LogP contribution in [0, 0.1) is 6.92 Å². The van der Waals surface area contributed by atoms with Crippen molar-refractivity contribution in [3.8, 4) is 5.75 Å². The van der Waals surface area contributed by atoms with Gasteiger partial charge in [-0.2, -0.15) is 0 Å². The Morgan fingerprint density at radius 3 is 2.41 bits per heavy atom. The van der Waals surface area contributed by atoms with Crippen LogP contribution in [0.1, 0.15) is 18.1 Å². The monoisotopic (exact) mass is 339 g/mol. The fourth-order valence-corrected chi connectivity index (χ4v) is 3.20. The summed E-state index contributed by atoms with van der Waals surface area (Å²) in [5, 5.41) is 0.619. The molecule has 118 valence electrons. The van der Waals surface area contributed by atoms with Crippen molar-refractivity contribution in [3.63, 3.8) is 0 Å². The van der Waals surface area contributed by atoms with Gasteiger partial charge in [-0.25, -0.2) is 13.1 Å². The van der Waals surface area contributed by atoms with Gasteiger partial charge in [0.2, 0.25) is 10.0 Å². The minimum Gasteiger partial charge on any atom is -0.494 e. The number of hydrogen-bond acceptors (Lipinski definition) is 3. The molecule has 0 heterocycles. The third kappa shape index (κ3) is 4.22. The summed E-state index contributed by atoms with van der Waals surface area (Å²) in [6.07, 6.45) is 0. The number of sulfonamides is 1. The summed E-state index contributed by atoms with van der Waals surface area (Å²) in [6.45, 7) is 4.47. The third-order valence-electron chi connectivity index (χ3n) is 3.14. The Bertz CT molecular complexity index is 742. The van der Waals surface area contributed by atoms with Crippen molar-refractivity contribution in [2.75, 3.05) is 6.61 Å². The van der Waals surface area contributed by atoms with E-state index in [1.54, 1.807) is 42.5 Å². The van der Waals surface area contributed by atoms with Crippen molar-refractivity contribution in [3.05, 3.63) is 58.6 Å². The largest absolute Gasteiger partial charge is 0.494 e. The van der Waals surface area contributed by atoms with E-state index in [9.17, 15) is 8.42 Å². The molecule has 0 amide bonds. The van der Waals surface area contributed by atoms with Crippen molar-refractivity contribution < 1.29 is 13.2 Å². The van der Waals surface area contributed by atoms with Crippen molar-refractivity contribution in [1.82, 2.24) is 4.72 Å². The maximum atomic E-state index is 12.3. The van der Waals surface area contributed by atoms with Gasteiger partial charge in [0.05, 0.1) is 11.5 Å². The second-order valence-corrected chi connectivity index (χ2v) is 7.01. The highest BCUT2D eigenvalue weighted by Gasteiger charge is 2.15. The summed E-state index contributed by atoms with van der Waals surface area (Å²) in [5.41, 5.74) is 1.63. The van der Waals surface area contributed by atoms with Gasteiger partial charge in [-0.3, -0.25) is 0 Å². The van der Waals surface area contributed by atoms with Gasteiger partial charge in [0.15, 0.2) is 0 Å². The minimum atomic E-state index is -3.56. The van der Waals surface area contributed by atoms with Crippen LogP contribution in [0.2, 0.25) is 5.02 Å². The first kappa shape index (κ1) is 16.8. The van der Waals surface area contributed by atoms with Gasteiger partial charge in [0.1, 0.15) is 5.75 Å². The maximum absolute atomic E-state index is 12.3. The second-order valence-electron chi connectivity index (χ2n) is 4.81. The van der Waals surface area contributed by atoms with E-state index < -0.39 is 10.0 Å². The molecule has 4 nitrogen and oxygen atoms in total. The number of hydrogen-bond donors (Lipinski definition) is 1. The van der Waals surface area contributed by atoms with E-state index in [0.717, 1.165) is 11.1 Å². The zero-order chi connectivity index (χ0) is 16.2. The molecular formula is C16H18ClNO3S. The summed E-state index contributed by atoms with van der Waals surface area (Å²) in [6, 6.07) is 11.9. The summed E-state index contributed by atoms with van der Waals surface area (Å²) in [5.74, 6) is 0.694. The van der Waals surface area contributed by atoms with Gasteiger partial charge < -0.3 is 4.74 Å². The molecular weight excluding hydrogens is 322 g/mol. The van der Waals surface area contributed by atoms with Crippen LogP contribution in [-0.2, 0) is 16.6 Å². The molecule has 2 aromatic carbocycles. The standard InChI is InChI=1S/C16H18ClNO3S/c1-3-21-16-9-8-15(10-12(16)2)22(19,20)18-11-13-4-6-14(17)7-5-13/h4-10,18H,3,11H2,1-2H3. The van der Waals surface area contributed by atoms with Crippen molar-refractivity contribution in [2.24, 2.45) is 0 Å². The molecule has 22 heavy (non-hydrogen) atoms. The molecule has 0 aliphatic heterocycles. The summed E-state index contributed by atoms with van der Waals surface area (Å²) in [4.78, 5) is 0.224. The van der Waals surface area contributed by atoms with Gasteiger partial charge in [-0.15, -0.1) is 0 Å². The zero-order valence-corrected chi connectivity index (χ0v) is 14.0. The molecule has 0 bridgehead atoms. The van der Waals surface area contributed by atoms with Gasteiger partial charge in [-0.1, -0.05) is 23.7 Å². The van der Waals surface area contributed by atoms with Crippen LogP contribution in [0.25, 0.3) is 0 Å². The van der Waals surface area contributed by atoms with Gasteiger partial charge in [0.25, 0.3) is 0 Å². The van der Waals surface area contributed by atoms with Crippen LogP contribution < -0.4 is 9.46 Å². The van der Waals surface area contributed by atoms with E-state index >= 15 is 0 Å². The smallest absolute Gasteiger partial charge is 0.240 e. The zero-order valence-electron chi connectivity index (χ0n) is 12.5. The highest BCUT2D eigenvalue weighted by molar-refractivity contribution is 7.89. The Balaban J connectivity index is 2.13. The van der Waals surface area contributed by atoms with E-state index in [1.807, 2.05) is 13.8 Å². The van der Waals surface area contributed by atoms with E-state index in [2.05, 4.69) is 4.72 Å². The first-order valence-corrected chi connectivity index (χ1v) is 8.76. The van der Waals surface area contributed by atoms with E-state index in [-0.39, 0.29) is 11.4 Å². The van der Waals surface area contributed by atoms with Crippen LogP contribution >= 0.6 is 11.6 Å². The average Bonchev–Trinajstić information content (AvgIpc) is 2.49. The number of nitrogens with one attached hydrogen (secondary N) is 1. The van der Waals surface area contributed by atoms with Crippen LogP contribution in [0.3, 0.4) is 0 Å². The van der Waals surface area contributed by atoms with Crippen molar-refractivity contribution >= 4 is 21.6 Å². The summed E-state index contributed by atoms with van der Waals surface area (Å²) in [7, 11) is -3.56. The molecule has 0 unspecified atom stereocenters. The Morgan fingerprint density at radius 2 is 1.82 bits per heavy atom. The average molecular weight is 340 g/mol. The highest BCUT2D eigenvalue weighted by atomic mass is 35.5. The highest BCUT2D eigenvalue weighted by Crippen LogP contribution is 2.22. The Hall–Kier alpha value is -1.56. The predicted molar refractivity (Wildman–Crippen MR) is 87.8 cm³/mol. The number of benzene rings is 2. The lowest BCUT2D eigenvalue weighted by Gasteiger charge is -2.11. The van der Waals surface area contributed by atoms with Crippen LogP contribution in [0.4, 0.5) is 0 Å². The van der Waals surface area contributed by atoms with Gasteiger partial charge in [-0.05, 0) is 55.3 Å². The molecule has 0 atom stereocenters. The molecule has 0 aliphatic rings. The van der Waals surface area contributed by atoms with Crippen LogP contribution in [0.5, 0.6) is 5.75 Å². The Labute approximate surface area is 136 Å². The fourth-order valence-electron chi connectivity index (χ4n) is 1.97. The Kier molecular flexibility index (Phi) is 5.45. The quantitative estimate of drug-likeness (QED) is 0.876. The second kappa shape index (κ2) is 7.13. The molecule has 0 aliphatic carbocycles. The molecule has 2 aromatic rings. The number of ether oxygens (including phenoxy) is 1. The molecule has 1 N–H and O–H groups in total. The lowest BCUT2D eigenvalue weighted by molar-refractivity contribution is 0.337. The predicted octanol–water partition coefficient (Wildman–Crippen LogP) is 3.53. The van der Waals surface area contributed by atoms with E-state index in [1.165, 1.54) is 0 Å². The lowest BCUT2D eigenvalue weighted by atomic mass is 10.2. The number of aryl methyl sites for hydroxylation is 1. The molecule has 0 radical (unpaired) electrons. The first-order chi connectivity index (χ1) is 10.4. The van der Waals surface area contributed by atoms with Gasteiger partial charge >= 0.3 is 0 Å². The van der Waals surface area contributed by atoms with E-state index in [0.29, 0.717) is 17.4 Å². The van der Waals surface area contributed by atoms with Crippen LogP contribution in [-0.4, -0.2) is 15.0 Å². The third-order valence-corrected chi connectivity index (χ3v) is 4.79. The lowest BCUT2D eigenvalue weighted by Crippen LogP contribution is -2.23. The topological polar surface area (TPSA) is 55.4 Å². The van der Waals surface area contributed by atoms with Crippen LogP contribution in [0.15, 0.2) is 47.4 Å². The molecule has 2 rings (SSSR count). The molecule has 0 aromatic heterocycles. The molecule has 0 fully saturated rings. The first-order valence-electron chi connectivity index (χ1n) is 6.90. The van der Waals surface area contributed by atoms with Gasteiger partial charge in [0, 0.05) is 11.6 Å². The summed E-state index contributed by atoms with van der Waals surface area (Å²) >= 11 is 5.81. The maximum Gasteiger partial charge on any atom is 0.240 e. The number of halogens is 1. The molecule has 0 spiro atoms. The molecule has 0 saturated carbocycles. The fraction of sp³-hybridized carbons (Fsp3) is 0.250. The Morgan fingerprint density at radius 1 is 1.14 bits per heavy atom. The summed E-state index contributed by atoms with van der Waals surface area (Å²) < 4.78 is 32.6.